The van der Waals surface area contributed by atoms with Gasteiger partial charge in [-0.15, -0.1) is 0 Å². The molecule has 0 atom stereocenters. The molecule has 0 radical (unpaired) electrons. The fraction of sp³-hybridized carbons (Fsp3) is 1.00. The van der Waals surface area contributed by atoms with E-state index in [-0.39, 0.29) is 5.60 Å². The molecule has 0 aromatic heterocycles. The zero-order valence-corrected chi connectivity index (χ0v) is 8.39. The maximum Gasteiger partial charge on any atom is 0.0700 e. The molecule has 2 rings (SSSR count). The quantitative estimate of drug-likeness (QED) is 0.648. The van der Waals surface area contributed by atoms with Gasteiger partial charge in [-0.3, -0.25) is 0 Å². The van der Waals surface area contributed by atoms with E-state index in [1.54, 1.807) is 0 Å². The second kappa shape index (κ2) is 3.97. The van der Waals surface area contributed by atoms with Gasteiger partial charge < -0.3 is 10.4 Å². The average Bonchev–Trinajstić information content (AvgIpc) is 2.20. The van der Waals surface area contributed by atoms with Gasteiger partial charge in [0.05, 0.1) is 5.60 Å². The van der Waals surface area contributed by atoms with E-state index in [4.69, 9.17) is 0 Å². The van der Waals surface area contributed by atoms with Crippen molar-refractivity contribution in [2.24, 2.45) is 5.92 Å². The lowest BCUT2D eigenvalue weighted by Gasteiger charge is -2.41. The highest BCUT2D eigenvalue weighted by Crippen LogP contribution is 2.37. The van der Waals surface area contributed by atoms with Gasteiger partial charge in [0.2, 0.25) is 0 Å². The molecule has 2 aliphatic rings. The summed E-state index contributed by atoms with van der Waals surface area (Å²) < 4.78 is 0. The molecule has 0 unspecified atom stereocenters. The molecule has 1 saturated heterocycles. The van der Waals surface area contributed by atoms with Crippen LogP contribution in [0.4, 0.5) is 0 Å². The van der Waals surface area contributed by atoms with Crippen LogP contribution in [0, 0.1) is 5.92 Å². The van der Waals surface area contributed by atoms with Crippen LogP contribution < -0.4 is 5.32 Å². The largest absolute Gasteiger partial charge is 0.390 e. The van der Waals surface area contributed by atoms with Crippen LogP contribution in [0.3, 0.4) is 0 Å². The molecule has 76 valence electrons. The van der Waals surface area contributed by atoms with E-state index in [9.17, 15) is 5.11 Å². The molecule has 1 heterocycles. The normalized spacial score (nSPS) is 30.2. The highest BCUT2D eigenvalue weighted by atomic mass is 16.3. The van der Waals surface area contributed by atoms with Crippen molar-refractivity contribution >= 4 is 0 Å². The Balaban J connectivity index is 1.94. The van der Waals surface area contributed by atoms with Crippen LogP contribution in [0.25, 0.3) is 0 Å². The lowest BCUT2D eigenvalue weighted by Crippen LogP contribution is -2.47. The van der Waals surface area contributed by atoms with E-state index >= 15 is 0 Å². The first-order chi connectivity index (χ1) is 6.31. The molecule has 2 heteroatoms. The van der Waals surface area contributed by atoms with Gasteiger partial charge in [0.1, 0.15) is 0 Å². The predicted molar refractivity (Wildman–Crippen MR) is 53.6 cm³/mol. The van der Waals surface area contributed by atoms with Crippen molar-refractivity contribution in [3.8, 4) is 0 Å². The highest BCUT2D eigenvalue weighted by molar-refractivity contribution is 4.91. The van der Waals surface area contributed by atoms with Crippen LogP contribution in [0.5, 0.6) is 0 Å². The fourth-order valence-corrected chi connectivity index (χ4v) is 2.91. The summed E-state index contributed by atoms with van der Waals surface area (Å²) in [6.45, 7) is 2.01. The third kappa shape index (κ3) is 2.05. The Hall–Kier alpha value is -0.0800. The molecule has 13 heavy (non-hydrogen) atoms. The summed E-state index contributed by atoms with van der Waals surface area (Å²) in [5, 5.41) is 13.8. The van der Waals surface area contributed by atoms with Crippen LogP contribution in [-0.2, 0) is 0 Å². The number of piperidine rings is 1. The molecule has 0 aromatic rings. The van der Waals surface area contributed by atoms with Gasteiger partial charge in [-0.1, -0.05) is 19.3 Å². The fourth-order valence-electron chi connectivity index (χ4n) is 2.91. The van der Waals surface area contributed by atoms with Gasteiger partial charge in [0.15, 0.2) is 0 Å². The maximum atomic E-state index is 10.5. The molecular formula is C11H21NO. The van der Waals surface area contributed by atoms with Crippen LogP contribution in [0.1, 0.15) is 44.9 Å². The van der Waals surface area contributed by atoms with E-state index in [1.807, 2.05) is 0 Å². The molecule has 1 aliphatic heterocycles. The Bertz CT molecular complexity index is 157. The van der Waals surface area contributed by atoms with Crippen molar-refractivity contribution in [3.63, 3.8) is 0 Å². The van der Waals surface area contributed by atoms with Crippen molar-refractivity contribution in [3.05, 3.63) is 0 Å². The third-order valence-corrected chi connectivity index (χ3v) is 3.83. The molecule has 1 aliphatic carbocycles. The number of aliphatic hydroxyl groups is 1. The Morgan fingerprint density at radius 1 is 1.00 bits per heavy atom. The number of hydrogen-bond donors (Lipinski definition) is 2. The van der Waals surface area contributed by atoms with E-state index in [0.717, 1.165) is 25.9 Å². The Morgan fingerprint density at radius 2 is 1.62 bits per heavy atom. The summed E-state index contributed by atoms with van der Waals surface area (Å²) >= 11 is 0. The number of rotatable bonds is 1. The Morgan fingerprint density at radius 3 is 2.23 bits per heavy atom. The number of hydrogen-bond acceptors (Lipinski definition) is 2. The standard InChI is InChI=1S/C11H21NO/c13-11(6-8-12-9-7-11)10-4-2-1-3-5-10/h10,12-13H,1-9H2. The van der Waals surface area contributed by atoms with E-state index in [0.29, 0.717) is 5.92 Å². The van der Waals surface area contributed by atoms with Crippen molar-refractivity contribution in [1.82, 2.24) is 5.32 Å². The highest BCUT2D eigenvalue weighted by Gasteiger charge is 2.37. The van der Waals surface area contributed by atoms with E-state index < -0.39 is 0 Å². The molecule has 0 aromatic carbocycles. The number of nitrogens with one attached hydrogen (secondary N) is 1. The molecule has 0 amide bonds. The zero-order chi connectivity index (χ0) is 9.15. The Kier molecular flexibility index (Phi) is 2.89. The second-order valence-electron chi connectivity index (χ2n) is 4.69. The first-order valence-corrected chi connectivity index (χ1v) is 5.74. The molecule has 0 bridgehead atoms. The molecule has 2 N–H and O–H groups in total. The minimum Gasteiger partial charge on any atom is -0.390 e. The molecule has 2 fully saturated rings. The van der Waals surface area contributed by atoms with Crippen LogP contribution >= 0.6 is 0 Å². The molecular weight excluding hydrogens is 162 g/mol. The summed E-state index contributed by atoms with van der Waals surface area (Å²) in [5.74, 6) is 0.600. The van der Waals surface area contributed by atoms with Gasteiger partial charge in [-0.25, -0.2) is 0 Å². The van der Waals surface area contributed by atoms with Crippen LogP contribution in [-0.4, -0.2) is 23.8 Å². The summed E-state index contributed by atoms with van der Waals surface area (Å²) in [7, 11) is 0. The summed E-state index contributed by atoms with van der Waals surface area (Å²) in [5.41, 5.74) is -0.314. The monoisotopic (exact) mass is 183 g/mol. The van der Waals surface area contributed by atoms with E-state index in [2.05, 4.69) is 5.32 Å². The van der Waals surface area contributed by atoms with Crippen molar-refractivity contribution < 1.29 is 5.11 Å². The SMILES string of the molecule is OC1(C2CCCCC2)CCNCC1. The van der Waals surface area contributed by atoms with Gasteiger partial charge >= 0.3 is 0 Å². The third-order valence-electron chi connectivity index (χ3n) is 3.83. The van der Waals surface area contributed by atoms with Gasteiger partial charge in [0.25, 0.3) is 0 Å². The zero-order valence-electron chi connectivity index (χ0n) is 8.39. The average molecular weight is 183 g/mol. The van der Waals surface area contributed by atoms with E-state index in [1.165, 1.54) is 32.1 Å². The first-order valence-electron chi connectivity index (χ1n) is 5.74. The second-order valence-corrected chi connectivity index (χ2v) is 4.69. The molecule has 1 saturated carbocycles. The van der Waals surface area contributed by atoms with Crippen molar-refractivity contribution in [1.29, 1.82) is 0 Å². The summed E-state index contributed by atoms with van der Waals surface area (Å²) in [6.07, 6.45) is 8.51. The van der Waals surface area contributed by atoms with Crippen molar-refractivity contribution in [2.45, 2.75) is 50.5 Å². The smallest absolute Gasteiger partial charge is 0.0700 e. The van der Waals surface area contributed by atoms with Gasteiger partial charge in [-0.2, -0.15) is 0 Å². The maximum absolute atomic E-state index is 10.5. The lowest BCUT2D eigenvalue weighted by molar-refractivity contribution is -0.0558. The molecule has 2 nitrogen and oxygen atoms in total. The Labute approximate surface area is 80.7 Å². The summed E-state index contributed by atoms with van der Waals surface area (Å²) in [4.78, 5) is 0. The van der Waals surface area contributed by atoms with Crippen LogP contribution in [0.2, 0.25) is 0 Å². The van der Waals surface area contributed by atoms with Gasteiger partial charge in [-0.05, 0) is 44.7 Å². The minimum absolute atomic E-state index is 0.314. The summed E-state index contributed by atoms with van der Waals surface area (Å²) in [6, 6.07) is 0. The molecule has 0 spiro atoms. The topological polar surface area (TPSA) is 32.3 Å². The predicted octanol–water partition coefficient (Wildman–Crippen LogP) is 1.68. The lowest BCUT2D eigenvalue weighted by atomic mass is 9.72. The van der Waals surface area contributed by atoms with Crippen LogP contribution in [0.15, 0.2) is 0 Å². The minimum atomic E-state index is -0.314. The van der Waals surface area contributed by atoms with Gasteiger partial charge in [0, 0.05) is 0 Å². The first kappa shape index (κ1) is 9.47. The van der Waals surface area contributed by atoms with Crippen molar-refractivity contribution in [2.75, 3.05) is 13.1 Å².